The molecule has 0 radical (unpaired) electrons. The predicted octanol–water partition coefficient (Wildman–Crippen LogP) is 3.92. The number of benzene rings is 1. The highest BCUT2D eigenvalue weighted by atomic mass is 35.5. The minimum absolute atomic E-state index is 0.00824. The quantitative estimate of drug-likeness (QED) is 0.562. The van der Waals surface area contributed by atoms with Crippen LogP contribution in [0.3, 0.4) is 0 Å². The van der Waals surface area contributed by atoms with Gasteiger partial charge in [-0.05, 0) is 17.0 Å². The molecule has 0 fully saturated rings. The first-order valence-corrected chi connectivity index (χ1v) is 4.35. The Balaban J connectivity index is 3.37. The summed E-state index contributed by atoms with van der Waals surface area (Å²) in [6.45, 7) is 5.56. The zero-order chi connectivity index (χ0) is 10.2. The van der Waals surface area contributed by atoms with Crippen LogP contribution in [-0.4, -0.2) is 0 Å². The molecule has 0 unspecified atom stereocenters. The monoisotopic (exact) mass is 204 g/mol. The van der Waals surface area contributed by atoms with Crippen LogP contribution >= 0.6 is 11.6 Å². The van der Waals surface area contributed by atoms with Crippen LogP contribution in [0.25, 0.3) is 0 Å². The van der Waals surface area contributed by atoms with Crippen molar-refractivity contribution >= 4 is 11.6 Å². The van der Waals surface area contributed by atoms with Gasteiger partial charge in [0.1, 0.15) is 11.6 Å². The second kappa shape index (κ2) is 3.26. The van der Waals surface area contributed by atoms with E-state index in [1.807, 2.05) is 20.8 Å². The lowest BCUT2D eigenvalue weighted by Gasteiger charge is -2.20. The molecule has 72 valence electrons. The van der Waals surface area contributed by atoms with Gasteiger partial charge in [0.15, 0.2) is 0 Å². The maximum atomic E-state index is 13.0. The SMILES string of the molecule is CC(C)(C)c1cc(F)cc(F)c1Cl. The van der Waals surface area contributed by atoms with Crippen LogP contribution in [0.5, 0.6) is 0 Å². The van der Waals surface area contributed by atoms with Gasteiger partial charge in [0, 0.05) is 6.07 Å². The molecule has 0 nitrogen and oxygen atoms in total. The zero-order valence-corrected chi connectivity index (χ0v) is 8.54. The van der Waals surface area contributed by atoms with E-state index in [1.54, 1.807) is 0 Å². The summed E-state index contributed by atoms with van der Waals surface area (Å²) in [6.07, 6.45) is 0. The van der Waals surface area contributed by atoms with Gasteiger partial charge < -0.3 is 0 Å². The standard InChI is InChI=1S/C10H11ClF2/c1-10(2,3)7-4-6(12)5-8(13)9(7)11/h4-5H,1-3H3. The van der Waals surface area contributed by atoms with Gasteiger partial charge >= 0.3 is 0 Å². The molecule has 1 aromatic rings. The van der Waals surface area contributed by atoms with E-state index < -0.39 is 11.6 Å². The van der Waals surface area contributed by atoms with Gasteiger partial charge in [0.2, 0.25) is 0 Å². The summed E-state index contributed by atoms with van der Waals surface area (Å²) in [5, 5.41) is 0.00824. The molecule has 13 heavy (non-hydrogen) atoms. The van der Waals surface area contributed by atoms with Gasteiger partial charge in [-0.2, -0.15) is 0 Å². The summed E-state index contributed by atoms with van der Waals surface area (Å²) in [5.41, 5.74) is 0.145. The van der Waals surface area contributed by atoms with Crippen molar-refractivity contribution in [3.8, 4) is 0 Å². The Kier molecular flexibility index (Phi) is 2.62. The van der Waals surface area contributed by atoms with Crippen molar-refractivity contribution in [3.63, 3.8) is 0 Å². The van der Waals surface area contributed by atoms with Gasteiger partial charge in [-0.25, -0.2) is 8.78 Å². The van der Waals surface area contributed by atoms with Crippen LogP contribution in [0.4, 0.5) is 8.78 Å². The Labute approximate surface area is 81.5 Å². The molecule has 1 rings (SSSR count). The third-order valence-corrected chi connectivity index (χ3v) is 2.19. The number of rotatable bonds is 0. The van der Waals surface area contributed by atoms with E-state index in [-0.39, 0.29) is 10.4 Å². The Bertz CT molecular complexity index is 326. The van der Waals surface area contributed by atoms with Crippen molar-refractivity contribution < 1.29 is 8.78 Å². The van der Waals surface area contributed by atoms with Crippen LogP contribution < -0.4 is 0 Å². The van der Waals surface area contributed by atoms with E-state index in [2.05, 4.69) is 0 Å². The van der Waals surface area contributed by atoms with Crippen molar-refractivity contribution in [3.05, 3.63) is 34.4 Å². The Hall–Kier alpha value is -0.630. The highest BCUT2D eigenvalue weighted by Gasteiger charge is 2.20. The third kappa shape index (κ3) is 2.19. The fourth-order valence-electron chi connectivity index (χ4n) is 1.10. The molecule has 0 saturated carbocycles. The molecule has 0 spiro atoms. The summed E-state index contributed by atoms with van der Waals surface area (Å²) in [7, 11) is 0. The highest BCUT2D eigenvalue weighted by molar-refractivity contribution is 6.31. The van der Waals surface area contributed by atoms with Crippen molar-refractivity contribution in [2.24, 2.45) is 0 Å². The van der Waals surface area contributed by atoms with E-state index in [9.17, 15) is 8.78 Å². The Morgan fingerprint density at radius 1 is 1.15 bits per heavy atom. The van der Waals surface area contributed by atoms with E-state index in [0.29, 0.717) is 5.56 Å². The molecular weight excluding hydrogens is 194 g/mol. The van der Waals surface area contributed by atoms with Gasteiger partial charge in [-0.3, -0.25) is 0 Å². The molecule has 0 aliphatic rings. The molecule has 3 heteroatoms. The maximum absolute atomic E-state index is 13.0. The van der Waals surface area contributed by atoms with Crippen LogP contribution in [0, 0.1) is 11.6 Å². The van der Waals surface area contributed by atoms with Crippen molar-refractivity contribution in [1.82, 2.24) is 0 Å². The molecule has 0 bridgehead atoms. The molecule has 0 aromatic heterocycles. The molecule has 0 saturated heterocycles. The third-order valence-electron chi connectivity index (χ3n) is 1.80. The van der Waals surface area contributed by atoms with E-state index in [0.717, 1.165) is 6.07 Å². The average Bonchev–Trinajstić information content (AvgIpc) is 1.94. The van der Waals surface area contributed by atoms with Crippen LogP contribution in [0.15, 0.2) is 12.1 Å². The van der Waals surface area contributed by atoms with Gasteiger partial charge in [-0.15, -0.1) is 0 Å². The average molecular weight is 205 g/mol. The van der Waals surface area contributed by atoms with Gasteiger partial charge in [-0.1, -0.05) is 32.4 Å². The lowest BCUT2D eigenvalue weighted by atomic mass is 9.87. The normalized spacial score (nSPS) is 11.8. The molecule has 0 atom stereocenters. The van der Waals surface area contributed by atoms with E-state index >= 15 is 0 Å². The minimum atomic E-state index is -0.702. The Morgan fingerprint density at radius 2 is 1.69 bits per heavy atom. The summed E-state index contributed by atoms with van der Waals surface area (Å²) in [6, 6.07) is 2.06. The smallest absolute Gasteiger partial charge is 0.145 e. The molecule has 0 aliphatic carbocycles. The summed E-state index contributed by atoms with van der Waals surface area (Å²) in [4.78, 5) is 0. The second-order valence-corrected chi connectivity index (χ2v) is 4.38. The Morgan fingerprint density at radius 3 is 2.15 bits per heavy atom. The molecule has 1 aromatic carbocycles. The molecular formula is C10H11ClF2. The first-order valence-electron chi connectivity index (χ1n) is 3.97. The van der Waals surface area contributed by atoms with Crippen molar-refractivity contribution in [2.45, 2.75) is 26.2 Å². The number of halogens is 3. The zero-order valence-electron chi connectivity index (χ0n) is 7.79. The largest absolute Gasteiger partial charge is 0.207 e. The van der Waals surface area contributed by atoms with E-state index in [4.69, 9.17) is 11.6 Å². The lowest BCUT2D eigenvalue weighted by molar-refractivity contribution is 0.545. The summed E-state index contributed by atoms with van der Waals surface area (Å²) < 4.78 is 25.8. The van der Waals surface area contributed by atoms with Crippen LogP contribution in [0.1, 0.15) is 26.3 Å². The maximum Gasteiger partial charge on any atom is 0.145 e. The first-order chi connectivity index (χ1) is 5.82. The first kappa shape index (κ1) is 10.5. The lowest BCUT2D eigenvalue weighted by Crippen LogP contribution is -2.13. The summed E-state index contributed by atoms with van der Waals surface area (Å²) in [5.74, 6) is -1.29. The molecule has 0 N–H and O–H groups in total. The fraction of sp³-hybridized carbons (Fsp3) is 0.400. The van der Waals surface area contributed by atoms with Gasteiger partial charge in [0.25, 0.3) is 0 Å². The molecule has 0 amide bonds. The molecule has 0 aliphatic heterocycles. The number of hydrogen-bond acceptors (Lipinski definition) is 0. The highest BCUT2D eigenvalue weighted by Crippen LogP contribution is 2.31. The van der Waals surface area contributed by atoms with E-state index in [1.165, 1.54) is 6.07 Å². The minimum Gasteiger partial charge on any atom is -0.207 e. The van der Waals surface area contributed by atoms with Crippen molar-refractivity contribution in [2.75, 3.05) is 0 Å². The number of hydrogen-bond donors (Lipinski definition) is 0. The summed E-state index contributed by atoms with van der Waals surface area (Å²) >= 11 is 5.71. The van der Waals surface area contributed by atoms with Crippen LogP contribution in [-0.2, 0) is 5.41 Å². The van der Waals surface area contributed by atoms with Crippen molar-refractivity contribution in [1.29, 1.82) is 0 Å². The van der Waals surface area contributed by atoms with Gasteiger partial charge in [0.05, 0.1) is 5.02 Å². The molecule has 0 heterocycles. The second-order valence-electron chi connectivity index (χ2n) is 4.00. The topological polar surface area (TPSA) is 0 Å². The van der Waals surface area contributed by atoms with Crippen LogP contribution in [0.2, 0.25) is 5.02 Å². The predicted molar refractivity (Wildman–Crippen MR) is 50.1 cm³/mol. The fourth-order valence-corrected chi connectivity index (χ4v) is 1.49.